The predicted octanol–water partition coefficient (Wildman–Crippen LogP) is 0.204. The fraction of sp³-hybridized carbons (Fsp3) is 0.615. The second-order valence-electron chi connectivity index (χ2n) is 5.17. The molecule has 0 aliphatic carbocycles. The molecule has 1 aliphatic rings. The van der Waals surface area contributed by atoms with Crippen LogP contribution in [0.25, 0.3) is 11.2 Å². The molecule has 1 aliphatic heterocycles. The molecule has 0 aromatic carbocycles. The summed E-state index contributed by atoms with van der Waals surface area (Å²) in [5.41, 5.74) is 1.44. The van der Waals surface area contributed by atoms with Gasteiger partial charge in [-0.2, -0.15) is 0 Å². The smallest absolute Gasteiger partial charge is 0.226 e. The van der Waals surface area contributed by atoms with Crippen LogP contribution < -0.4 is 10.2 Å². The molecule has 1 amide bonds. The van der Waals surface area contributed by atoms with E-state index in [1.54, 1.807) is 4.68 Å². The molecule has 3 heterocycles. The quantitative estimate of drug-likeness (QED) is 0.846. The Morgan fingerprint density at radius 2 is 2.19 bits per heavy atom. The zero-order chi connectivity index (χ0) is 14.8. The molecule has 0 atom stereocenters. The standard InChI is InChI=1S/C13H19N7O/c1-3-5-14-13(21)9-6-19(7-9)11-10-12(16-8-15-11)20(4-2)18-17-10/h8-9H,3-7H2,1-2H3,(H,14,21). The number of carbonyl (C=O) groups excluding carboxylic acids is 1. The SMILES string of the molecule is CCCNC(=O)C1CN(c2ncnc3c2nnn3CC)C1. The fourth-order valence-corrected chi connectivity index (χ4v) is 2.43. The van der Waals surface area contributed by atoms with Gasteiger partial charge in [0, 0.05) is 26.2 Å². The van der Waals surface area contributed by atoms with Crippen LogP contribution >= 0.6 is 0 Å². The normalized spacial score (nSPS) is 15.2. The van der Waals surface area contributed by atoms with E-state index in [0.717, 1.165) is 31.0 Å². The van der Waals surface area contributed by atoms with Gasteiger partial charge in [0.05, 0.1) is 5.92 Å². The Morgan fingerprint density at radius 3 is 2.90 bits per heavy atom. The summed E-state index contributed by atoms with van der Waals surface area (Å²) in [6.07, 6.45) is 2.48. The Morgan fingerprint density at radius 1 is 1.38 bits per heavy atom. The maximum absolute atomic E-state index is 11.9. The van der Waals surface area contributed by atoms with Crippen molar-refractivity contribution in [3.05, 3.63) is 6.33 Å². The fourth-order valence-electron chi connectivity index (χ4n) is 2.43. The summed E-state index contributed by atoms with van der Waals surface area (Å²) in [5.74, 6) is 0.914. The number of hydrogen-bond acceptors (Lipinski definition) is 6. The van der Waals surface area contributed by atoms with E-state index in [1.165, 1.54) is 6.33 Å². The van der Waals surface area contributed by atoms with E-state index >= 15 is 0 Å². The maximum Gasteiger partial charge on any atom is 0.226 e. The van der Waals surface area contributed by atoms with Crippen molar-refractivity contribution in [2.75, 3.05) is 24.5 Å². The predicted molar refractivity (Wildman–Crippen MR) is 77.8 cm³/mol. The highest BCUT2D eigenvalue weighted by atomic mass is 16.2. The number of amides is 1. The molecule has 1 fully saturated rings. The van der Waals surface area contributed by atoms with Crippen molar-refractivity contribution in [3.8, 4) is 0 Å². The van der Waals surface area contributed by atoms with Crippen molar-refractivity contribution in [1.29, 1.82) is 0 Å². The molecule has 112 valence electrons. The van der Waals surface area contributed by atoms with Crippen LogP contribution in [0.3, 0.4) is 0 Å². The van der Waals surface area contributed by atoms with E-state index in [1.807, 2.05) is 13.8 Å². The van der Waals surface area contributed by atoms with Gasteiger partial charge in [-0.1, -0.05) is 12.1 Å². The monoisotopic (exact) mass is 289 g/mol. The number of aromatic nitrogens is 5. The molecule has 1 N–H and O–H groups in total. The summed E-state index contributed by atoms with van der Waals surface area (Å²) in [6, 6.07) is 0. The Kier molecular flexibility index (Phi) is 3.68. The topological polar surface area (TPSA) is 88.8 Å². The van der Waals surface area contributed by atoms with Crippen molar-refractivity contribution >= 4 is 22.9 Å². The van der Waals surface area contributed by atoms with E-state index in [2.05, 4.69) is 30.5 Å². The lowest BCUT2D eigenvalue weighted by molar-refractivity contribution is -0.125. The number of rotatable bonds is 5. The summed E-state index contributed by atoms with van der Waals surface area (Å²) in [7, 11) is 0. The average molecular weight is 289 g/mol. The molecule has 0 saturated carbocycles. The number of carbonyl (C=O) groups is 1. The zero-order valence-corrected chi connectivity index (χ0v) is 12.3. The first-order chi connectivity index (χ1) is 10.2. The third kappa shape index (κ3) is 2.41. The van der Waals surface area contributed by atoms with E-state index in [4.69, 9.17) is 0 Å². The molecule has 8 nitrogen and oxygen atoms in total. The molecule has 8 heteroatoms. The number of anilines is 1. The molecule has 2 aromatic rings. The highest BCUT2D eigenvalue weighted by Crippen LogP contribution is 2.27. The van der Waals surface area contributed by atoms with Gasteiger partial charge < -0.3 is 10.2 Å². The Bertz CT molecular complexity index is 647. The Balaban J connectivity index is 1.72. The van der Waals surface area contributed by atoms with Crippen LogP contribution in [0.5, 0.6) is 0 Å². The van der Waals surface area contributed by atoms with Crippen LogP contribution in [0.15, 0.2) is 6.33 Å². The molecule has 0 spiro atoms. The number of nitrogens with zero attached hydrogens (tertiary/aromatic N) is 6. The minimum absolute atomic E-state index is 0.0304. The molecule has 0 unspecified atom stereocenters. The minimum Gasteiger partial charge on any atom is -0.356 e. The van der Waals surface area contributed by atoms with Gasteiger partial charge in [-0.05, 0) is 13.3 Å². The molecular weight excluding hydrogens is 270 g/mol. The molecule has 0 bridgehead atoms. The number of fused-ring (bicyclic) bond motifs is 1. The molecule has 3 rings (SSSR count). The van der Waals surface area contributed by atoms with Gasteiger partial charge in [0.2, 0.25) is 5.91 Å². The van der Waals surface area contributed by atoms with Gasteiger partial charge >= 0.3 is 0 Å². The van der Waals surface area contributed by atoms with Gasteiger partial charge in [0.15, 0.2) is 17.0 Å². The molecule has 2 aromatic heterocycles. The van der Waals surface area contributed by atoms with Crippen LogP contribution in [-0.2, 0) is 11.3 Å². The van der Waals surface area contributed by atoms with E-state index in [0.29, 0.717) is 18.6 Å². The summed E-state index contributed by atoms with van der Waals surface area (Å²) >= 11 is 0. The molecule has 1 saturated heterocycles. The van der Waals surface area contributed by atoms with E-state index in [-0.39, 0.29) is 11.8 Å². The lowest BCUT2D eigenvalue weighted by Gasteiger charge is -2.38. The molecular formula is C13H19N7O. The van der Waals surface area contributed by atoms with Gasteiger partial charge in [0.25, 0.3) is 0 Å². The van der Waals surface area contributed by atoms with Gasteiger partial charge in [0.1, 0.15) is 6.33 Å². The van der Waals surface area contributed by atoms with Crippen molar-refractivity contribution in [2.45, 2.75) is 26.8 Å². The van der Waals surface area contributed by atoms with Crippen LogP contribution in [0.1, 0.15) is 20.3 Å². The number of nitrogens with one attached hydrogen (secondary N) is 1. The number of hydrogen-bond donors (Lipinski definition) is 1. The van der Waals surface area contributed by atoms with E-state index < -0.39 is 0 Å². The first-order valence-corrected chi connectivity index (χ1v) is 7.31. The molecule has 0 radical (unpaired) electrons. The molecule has 21 heavy (non-hydrogen) atoms. The van der Waals surface area contributed by atoms with Crippen molar-refractivity contribution < 1.29 is 4.79 Å². The first kappa shape index (κ1) is 13.7. The summed E-state index contributed by atoms with van der Waals surface area (Å²) < 4.78 is 1.74. The van der Waals surface area contributed by atoms with Crippen LogP contribution in [0, 0.1) is 5.92 Å². The minimum atomic E-state index is 0.0304. The lowest BCUT2D eigenvalue weighted by atomic mass is 9.99. The second-order valence-corrected chi connectivity index (χ2v) is 5.17. The zero-order valence-electron chi connectivity index (χ0n) is 12.3. The van der Waals surface area contributed by atoms with Crippen LogP contribution in [0.2, 0.25) is 0 Å². The number of aryl methyl sites for hydroxylation is 1. The van der Waals surface area contributed by atoms with Gasteiger partial charge in [-0.25, -0.2) is 14.6 Å². The Hall–Kier alpha value is -2.25. The lowest BCUT2D eigenvalue weighted by Crippen LogP contribution is -2.54. The largest absolute Gasteiger partial charge is 0.356 e. The van der Waals surface area contributed by atoms with Crippen molar-refractivity contribution in [3.63, 3.8) is 0 Å². The highest BCUT2D eigenvalue weighted by molar-refractivity contribution is 5.86. The van der Waals surface area contributed by atoms with Crippen LogP contribution in [-0.4, -0.2) is 50.5 Å². The Labute approximate surface area is 122 Å². The van der Waals surface area contributed by atoms with Crippen molar-refractivity contribution in [1.82, 2.24) is 30.3 Å². The summed E-state index contributed by atoms with van der Waals surface area (Å²) in [4.78, 5) is 22.5. The average Bonchev–Trinajstić information content (AvgIpc) is 2.87. The van der Waals surface area contributed by atoms with Gasteiger partial charge in [-0.3, -0.25) is 4.79 Å². The van der Waals surface area contributed by atoms with Crippen molar-refractivity contribution in [2.24, 2.45) is 5.92 Å². The summed E-state index contributed by atoms with van der Waals surface area (Å²) in [5, 5.41) is 11.2. The van der Waals surface area contributed by atoms with E-state index in [9.17, 15) is 4.79 Å². The van der Waals surface area contributed by atoms with Crippen LogP contribution in [0.4, 0.5) is 5.82 Å². The first-order valence-electron chi connectivity index (χ1n) is 7.31. The van der Waals surface area contributed by atoms with Gasteiger partial charge in [-0.15, -0.1) is 5.10 Å². The third-order valence-corrected chi connectivity index (χ3v) is 3.68. The maximum atomic E-state index is 11.9. The third-order valence-electron chi connectivity index (χ3n) is 3.68. The second kappa shape index (κ2) is 5.63. The summed E-state index contributed by atoms with van der Waals surface area (Å²) in [6.45, 7) is 6.82. The highest BCUT2D eigenvalue weighted by Gasteiger charge is 2.34.